The van der Waals surface area contributed by atoms with E-state index in [1.165, 1.54) is 12.1 Å². The van der Waals surface area contributed by atoms with E-state index in [0.717, 1.165) is 16.6 Å². The number of H-pyrrole nitrogens is 1. The number of fused-ring (bicyclic) bond motifs is 1. The van der Waals surface area contributed by atoms with E-state index in [1.54, 1.807) is 55.4 Å². The van der Waals surface area contributed by atoms with Crippen LogP contribution >= 0.6 is 0 Å². The number of ether oxygens (including phenoxy) is 1. The minimum atomic E-state index is -3.82. The molecule has 4 rings (SSSR count). The number of anilines is 2. The Morgan fingerprint density at radius 2 is 1.93 bits per heavy atom. The van der Waals surface area contributed by atoms with Crippen molar-refractivity contribution in [3.63, 3.8) is 0 Å². The van der Waals surface area contributed by atoms with Gasteiger partial charge in [0.25, 0.3) is 10.0 Å². The fourth-order valence-electron chi connectivity index (χ4n) is 4.09. The molecule has 1 heterocycles. The van der Waals surface area contributed by atoms with E-state index in [-0.39, 0.29) is 17.3 Å². The third-order valence-corrected chi connectivity index (χ3v) is 7.65. The number of benzene rings is 3. The van der Waals surface area contributed by atoms with Crippen LogP contribution in [0.3, 0.4) is 0 Å². The lowest BCUT2D eigenvalue weighted by atomic mass is 10.1. The maximum atomic E-state index is 12.7. The number of carbonyl (C=O) groups excluding carboxylic acids is 1. The molecule has 1 amide bonds. The third-order valence-electron chi connectivity index (χ3n) is 6.27. The van der Waals surface area contributed by atoms with Crippen LogP contribution in [0, 0.1) is 0 Å². The number of aromatic amines is 1. The topological polar surface area (TPSA) is 163 Å². The van der Waals surface area contributed by atoms with E-state index in [0.29, 0.717) is 48.7 Å². The molecule has 0 aliphatic carbocycles. The highest BCUT2D eigenvalue weighted by Crippen LogP contribution is 2.23. The summed E-state index contributed by atoms with van der Waals surface area (Å²) in [5, 5.41) is 22.0. The Hall–Kier alpha value is -4.13. The number of nitrogens with one attached hydrogen (secondary N) is 3. The van der Waals surface area contributed by atoms with Gasteiger partial charge in [-0.25, -0.2) is 8.42 Å². The van der Waals surface area contributed by atoms with Gasteiger partial charge >= 0.3 is 0 Å². The number of nitrogen functional groups attached to an aromatic ring is 1. The summed E-state index contributed by atoms with van der Waals surface area (Å²) in [6, 6.07) is 18.3. The minimum absolute atomic E-state index is 0.0588. The molecule has 12 heteroatoms. The smallest absolute Gasteiger partial charge is 0.261 e. The summed E-state index contributed by atoms with van der Waals surface area (Å²) in [7, 11) is -0.341. The molecule has 0 saturated heterocycles. The first-order valence-corrected chi connectivity index (χ1v) is 14.3. The number of hydrogen-bond acceptors (Lipinski definition) is 8. The molecule has 40 heavy (non-hydrogen) atoms. The largest absolute Gasteiger partial charge is 0.492 e. The minimum Gasteiger partial charge on any atom is -0.492 e. The summed E-state index contributed by atoms with van der Waals surface area (Å²) in [4.78, 5) is 13.5. The first kappa shape index (κ1) is 28.9. The predicted molar refractivity (Wildman–Crippen MR) is 155 cm³/mol. The van der Waals surface area contributed by atoms with Gasteiger partial charge in [-0.3, -0.25) is 14.6 Å². The van der Waals surface area contributed by atoms with Crippen LogP contribution in [0.5, 0.6) is 5.75 Å². The number of amides is 1. The zero-order chi connectivity index (χ0) is 28.7. The molecule has 1 aromatic heterocycles. The summed E-state index contributed by atoms with van der Waals surface area (Å²) in [6.45, 7) is 1.10. The monoisotopic (exact) mass is 566 g/mol. The first-order chi connectivity index (χ1) is 19.1. The maximum Gasteiger partial charge on any atom is 0.261 e. The van der Waals surface area contributed by atoms with Crippen molar-refractivity contribution in [1.29, 1.82) is 0 Å². The van der Waals surface area contributed by atoms with Crippen LogP contribution in [-0.4, -0.2) is 68.3 Å². The van der Waals surface area contributed by atoms with Gasteiger partial charge in [-0.05, 0) is 54.4 Å². The fourth-order valence-corrected chi connectivity index (χ4v) is 5.19. The van der Waals surface area contributed by atoms with E-state index < -0.39 is 16.1 Å². The number of rotatable bonds is 13. The van der Waals surface area contributed by atoms with Crippen LogP contribution in [-0.2, 0) is 21.2 Å². The van der Waals surface area contributed by atoms with Crippen molar-refractivity contribution in [3.05, 3.63) is 78.0 Å². The lowest BCUT2D eigenvalue weighted by Gasteiger charge is -2.15. The number of carbonyl (C=O) groups is 1. The van der Waals surface area contributed by atoms with Crippen molar-refractivity contribution in [2.75, 3.05) is 44.2 Å². The number of hydrogen-bond donors (Lipinski definition) is 5. The molecule has 0 fully saturated rings. The molecule has 11 nitrogen and oxygen atoms in total. The molecule has 212 valence electrons. The number of sulfonamides is 1. The number of aromatic nitrogens is 2. The zero-order valence-electron chi connectivity index (χ0n) is 22.4. The second-order valence-corrected chi connectivity index (χ2v) is 11.2. The summed E-state index contributed by atoms with van der Waals surface area (Å²) in [6.07, 6.45) is 0.134. The molecule has 1 unspecified atom stereocenters. The molecule has 6 N–H and O–H groups in total. The van der Waals surface area contributed by atoms with Crippen LogP contribution < -0.4 is 20.5 Å². The normalized spacial score (nSPS) is 12.3. The van der Waals surface area contributed by atoms with Crippen LogP contribution in [0.1, 0.15) is 23.8 Å². The van der Waals surface area contributed by atoms with Gasteiger partial charge in [0.2, 0.25) is 5.91 Å². The number of aliphatic hydroxyl groups is 1. The van der Waals surface area contributed by atoms with Crippen molar-refractivity contribution in [2.24, 2.45) is 0 Å². The lowest BCUT2D eigenvalue weighted by molar-refractivity contribution is -0.128. The maximum absolute atomic E-state index is 12.7. The van der Waals surface area contributed by atoms with Crippen LogP contribution in [0.4, 0.5) is 11.4 Å². The van der Waals surface area contributed by atoms with E-state index >= 15 is 0 Å². The van der Waals surface area contributed by atoms with Gasteiger partial charge in [0.1, 0.15) is 12.4 Å². The predicted octanol–water partition coefficient (Wildman–Crippen LogP) is 2.67. The molecule has 0 saturated carbocycles. The average Bonchev–Trinajstić information content (AvgIpc) is 3.33. The van der Waals surface area contributed by atoms with Gasteiger partial charge in [-0.1, -0.05) is 18.2 Å². The van der Waals surface area contributed by atoms with E-state index in [2.05, 4.69) is 20.2 Å². The van der Waals surface area contributed by atoms with Gasteiger partial charge in [-0.15, -0.1) is 0 Å². The number of nitrogens with zero attached hydrogens (tertiary/aromatic N) is 2. The number of aryl methyl sites for hydroxylation is 1. The van der Waals surface area contributed by atoms with Crippen molar-refractivity contribution in [2.45, 2.75) is 23.8 Å². The van der Waals surface area contributed by atoms with Gasteiger partial charge in [0, 0.05) is 62.1 Å². The van der Waals surface area contributed by atoms with Crippen LogP contribution in [0.15, 0.2) is 71.6 Å². The quantitative estimate of drug-likeness (QED) is 0.122. The SMILES string of the molecule is CN(C)C(=O)CCc1[nH]nc2cc(OCCNCC(O)c3cccc(NS(=O)(=O)c4cccc(N)c4)c3)ccc12. The average molecular weight is 567 g/mol. The van der Waals surface area contributed by atoms with Gasteiger partial charge in [-0.2, -0.15) is 5.10 Å². The molecule has 0 aliphatic heterocycles. The van der Waals surface area contributed by atoms with E-state index in [4.69, 9.17) is 10.5 Å². The Bertz CT molecular complexity index is 1570. The van der Waals surface area contributed by atoms with E-state index in [9.17, 15) is 18.3 Å². The van der Waals surface area contributed by atoms with Crippen molar-refractivity contribution >= 4 is 38.2 Å². The highest BCUT2D eigenvalue weighted by Gasteiger charge is 2.16. The Morgan fingerprint density at radius 1 is 1.12 bits per heavy atom. The van der Waals surface area contributed by atoms with Crippen LogP contribution in [0.25, 0.3) is 10.9 Å². The molecule has 0 spiro atoms. The second-order valence-electron chi connectivity index (χ2n) is 9.54. The second kappa shape index (κ2) is 12.8. The van der Waals surface area contributed by atoms with Crippen LogP contribution in [0.2, 0.25) is 0 Å². The van der Waals surface area contributed by atoms with Gasteiger partial charge in [0.15, 0.2) is 0 Å². The Morgan fingerprint density at radius 3 is 2.70 bits per heavy atom. The standard InChI is InChI=1S/C28H34N6O5S/c1-34(2)28(36)12-11-25-24-10-9-22(17-26(24)32-31-25)39-14-13-30-18-27(35)19-5-3-7-21(15-19)33-40(37,38)23-8-4-6-20(29)16-23/h3-10,15-17,27,30,33,35H,11-14,18,29H2,1-2H3,(H,31,32). The summed E-state index contributed by atoms with van der Waals surface area (Å²) in [5.41, 5.74) is 8.63. The Labute approximate surface area is 233 Å². The molecule has 4 aromatic rings. The number of aliphatic hydroxyl groups excluding tert-OH is 1. The Balaban J connectivity index is 1.24. The zero-order valence-corrected chi connectivity index (χ0v) is 23.2. The van der Waals surface area contributed by atoms with Crippen molar-refractivity contribution in [3.8, 4) is 5.75 Å². The fraction of sp³-hybridized carbons (Fsp3) is 0.286. The molecule has 0 bridgehead atoms. The molecule has 0 aliphatic rings. The highest BCUT2D eigenvalue weighted by atomic mass is 32.2. The highest BCUT2D eigenvalue weighted by molar-refractivity contribution is 7.92. The molecule has 0 radical (unpaired) electrons. The molecular formula is C28H34N6O5S. The summed E-state index contributed by atoms with van der Waals surface area (Å²) >= 11 is 0. The third kappa shape index (κ3) is 7.50. The molecular weight excluding hydrogens is 532 g/mol. The van der Waals surface area contributed by atoms with Gasteiger partial charge in [0.05, 0.1) is 16.5 Å². The number of nitrogens with two attached hydrogens (primary N) is 1. The Kier molecular flexibility index (Phi) is 9.25. The lowest BCUT2D eigenvalue weighted by Crippen LogP contribution is -2.26. The van der Waals surface area contributed by atoms with Gasteiger partial charge < -0.3 is 25.8 Å². The summed E-state index contributed by atoms with van der Waals surface area (Å²) in [5.74, 6) is 0.726. The first-order valence-electron chi connectivity index (χ1n) is 12.8. The molecule has 3 aromatic carbocycles. The summed E-state index contributed by atoms with van der Waals surface area (Å²) < 4.78 is 33.7. The molecule has 1 atom stereocenters. The van der Waals surface area contributed by atoms with Crippen molar-refractivity contribution in [1.82, 2.24) is 20.4 Å². The van der Waals surface area contributed by atoms with E-state index in [1.807, 2.05) is 18.2 Å². The van der Waals surface area contributed by atoms with Crippen molar-refractivity contribution < 1.29 is 23.1 Å².